The average Bonchev–Trinajstić information content (AvgIpc) is 2.54. The summed E-state index contributed by atoms with van der Waals surface area (Å²) in [5.41, 5.74) is 5.45. The Balaban J connectivity index is 2.01. The first-order valence-electron chi connectivity index (χ1n) is 6.70. The molecule has 0 fully saturated rings. The van der Waals surface area contributed by atoms with Crippen LogP contribution in [0.2, 0.25) is 5.02 Å². The van der Waals surface area contributed by atoms with Gasteiger partial charge in [-0.1, -0.05) is 23.7 Å². The van der Waals surface area contributed by atoms with Crippen molar-refractivity contribution < 1.29 is 14.3 Å². The van der Waals surface area contributed by atoms with Crippen molar-refractivity contribution in [3.05, 3.63) is 64.7 Å². The van der Waals surface area contributed by atoms with Gasteiger partial charge in [0.15, 0.2) is 0 Å². The highest BCUT2D eigenvalue weighted by atomic mass is 35.5. The van der Waals surface area contributed by atoms with Gasteiger partial charge in [0.05, 0.1) is 12.2 Å². The minimum absolute atomic E-state index is 0.348. The van der Waals surface area contributed by atoms with Gasteiger partial charge in [-0.05, 0) is 43.3 Å². The SMILES string of the molecule is CCOc1ccccc1C(=O)NNC(=O)c1ccc(Cl)cc1. The van der Waals surface area contributed by atoms with Crippen molar-refractivity contribution in [1.82, 2.24) is 10.9 Å². The molecule has 2 rings (SSSR count). The Morgan fingerprint density at radius 1 is 1.00 bits per heavy atom. The number of rotatable bonds is 4. The second-order valence-corrected chi connectivity index (χ2v) is 4.78. The summed E-state index contributed by atoms with van der Waals surface area (Å²) in [4.78, 5) is 24.0. The standard InChI is InChI=1S/C16H15ClN2O3/c1-2-22-14-6-4-3-5-13(14)16(21)19-18-15(20)11-7-9-12(17)10-8-11/h3-10H,2H2,1H3,(H,18,20)(H,19,21). The van der Waals surface area contributed by atoms with Gasteiger partial charge in [-0.2, -0.15) is 0 Å². The minimum Gasteiger partial charge on any atom is -0.493 e. The van der Waals surface area contributed by atoms with Crippen LogP contribution >= 0.6 is 11.6 Å². The zero-order valence-corrected chi connectivity index (χ0v) is 12.7. The van der Waals surface area contributed by atoms with Crippen molar-refractivity contribution in [2.24, 2.45) is 0 Å². The number of para-hydroxylation sites is 1. The maximum atomic E-state index is 12.1. The zero-order valence-electron chi connectivity index (χ0n) is 11.9. The van der Waals surface area contributed by atoms with Crippen LogP contribution in [0.5, 0.6) is 5.75 Å². The molecular formula is C16H15ClN2O3. The Bertz CT molecular complexity index is 671. The second-order valence-electron chi connectivity index (χ2n) is 4.34. The predicted molar refractivity (Wildman–Crippen MR) is 84.0 cm³/mol. The molecule has 0 heterocycles. The second kappa shape index (κ2) is 7.47. The fourth-order valence-corrected chi connectivity index (χ4v) is 1.92. The summed E-state index contributed by atoms with van der Waals surface area (Å²) < 4.78 is 5.37. The van der Waals surface area contributed by atoms with Crippen molar-refractivity contribution in [2.45, 2.75) is 6.92 Å². The number of hydrazine groups is 1. The molecule has 2 aromatic carbocycles. The van der Waals surface area contributed by atoms with E-state index in [0.29, 0.717) is 28.5 Å². The van der Waals surface area contributed by atoms with Crippen LogP contribution in [0, 0.1) is 0 Å². The number of benzene rings is 2. The number of nitrogens with one attached hydrogen (secondary N) is 2. The van der Waals surface area contributed by atoms with Crippen LogP contribution in [-0.4, -0.2) is 18.4 Å². The van der Waals surface area contributed by atoms with E-state index in [1.54, 1.807) is 48.5 Å². The van der Waals surface area contributed by atoms with Gasteiger partial charge in [0.1, 0.15) is 5.75 Å². The van der Waals surface area contributed by atoms with Gasteiger partial charge >= 0.3 is 0 Å². The third kappa shape index (κ3) is 3.99. The summed E-state index contributed by atoms with van der Waals surface area (Å²) in [6.07, 6.45) is 0. The lowest BCUT2D eigenvalue weighted by atomic mass is 10.2. The first-order valence-corrected chi connectivity index (χ1v) is 7.07. The lowest BCUT2D eigenvalue weighted by Gasteiger charge is -2.11. The van der Waals surface area contributed by atoms with E-state index in [0.717, 1.165) is 0 Å². The van der Waals surface area contributed by atoms with E-state index in [-0.39, 0.29) is 0 Å². The summed E-state index contributed by atoms with van der Waals surface area (Å²) in [5, 5.41) is 0.534. The van der Waals surface area contributed by atoms with E-state index >= 15 is 0 Å². The molecule has 0 saturated carbocycles. The summed E-state index contributed by atoms with van der Waals surface area (Å²) in [7, 11) is 0. The van der Waals surface area contributed by atoms with E-state index in [2.05, 4.69) is 10.9 Å². The molecular weight excluding hydrogens is 304 g/mol. The minimum atomic E-state index is -0.452. The molecule has 5 nitrogen and oxygen atoms in total. The zero-order chi connectivity index (χ0) is 15.9. The lowest BCUT2D eigenvalue weighted by Crippen LogP contribution is -2.41. The van der Waals surface area contributed by atoms with Crippen LogP contribution in [0.1, 0.15) is 27.6 Å². The van der Waals surface area contributed by atoms with Gasteiger partial charge in [-0.3, -0.25) is 20.4 Å². The first-order chi connectivity index (χ1) is 10.6. The summed E-state index contributed by atoms with van der Waals surface area (Å²) in [5.74, 6) is -0.423. The van der Waals surface area contributed by atoms with Crippen LogP contribution in [0.4, 0.5) is 0 Å². The molecule has 2 aromatic rings. The van der Waals surface area contributed by atoms with E-state index in [1.165, 1.54) is 0 Å². The topological polar surface area (TPSA) is 67.4 Å². The van der Waals surface area contributed by atoms with Gasteiger partial charge in [0, 0.05) is 10.6 Å². The molecule has 114 valence electrons. The van der Waals surface area contributed by atoms with Crippen molar-refractivity contribution in [1.29, 1.82) is 0 Å². The summed E-state index contributed by atoms with van der Waals surface area (Å²) >= 11 is 5.76. The highest BCUT2D eigenvalue weighted by Crippen LogP contribution is 2.17. The van der Waals surface area contributed by atoms with E-state index < -0.39 is 11.8 Å². The monoisotopic (exact) mass is 318 g/mol. The van der Waals surface area contributed by atoms with Gasteiger partial charge < -0.3 is 4.74 Å². The van der Waals surface area contributed by atoms with Gasteiger partial charge in [0.25, 0.3) is 11.8 Å². The summed E-state index contributed by atoms with van der Waals surface area (Å²) in [6.45, 7) is 2.28. The molecule has 22 heavy (non-hydrogen) atoms. The average molecular weight is 319 g/mol. The maximum Gasteiger partial charge on any atom is 0.273 e. The van der Waals surface area contributed by atoms with Crippen LogP contribution < -0.4 is 15.6 Å². The highest BCUT2D eigenvalue weighted by Gasteiger charge is 2.13. The molecule has 0 aliphatic carbocycles. The summed E-state index contributed by atoms with van der Waals surface area (Å²) in [6, 6.07) is 13.1. The normalized spacial score (nSPS) is 9.91. The Morgan fingerprint density at radius 3 is 2.32 bits per heavy atom. The Hall–Kier alpha value is -2.53. The number of carbonyl (C=O) groups excluding carboxylic acids is 2. The highest BCUT2D eigenvalue weighted by molar-refractivity contribution is 6.30. The first kappa shape index (κ1) is 15.9. The molecule has 0 atom stereocenters. The van der Waals surface area contributed by atoms with E-state index in [1.807, 2.05) is 6.92 Å². The van der Waals surface area contributed by atoms with Crippen LogP contribution in [-0.2, 0) is 0 Å². The van der Waals surface area contributed by atoms with E-state index in [9.17, 15) is 9.59 Å². The number of carbonyl (C=O) groups is 2. The molecule has 0 bridgehead atoms. The molecule has 0 saturated heterocycles. The van der Waals surface area contributed by atoms with Gasteiger partial charge in [-0.25, -0.2) is 0 Å². The Morgan fingerprint density at radius 2 is 1.64 bits per heavy atom. The molecule has 6 heteroatoms. The molecule has 0 aromatic heterocycles. The van der Waals surface area contributed by atoms with Crippen molar-refractivity contribution >= 4 is 23.4 Å². The van der Waals surface area contributed by atoms with Crippen LogP contribution in [0.3, 0.4) is 0 Å². The molecule has 2 N–H and O–H groups in total. The quantitative estimate of drug-likeness (QED) is 0.852. The van der Waals surface area contributed by atoms with Crippen LogP contribution in [0.15, 0.2) is 48.5 Å². The van der Waals surface area contributed by atoms with Crippen molar-refractivity contribution in [3.8, 4) is 5.75 Å². The van der Waals surface area contributed by atoms with Crippen LogP contribution in [0.25, 0.3) is 0 Å². The number of ether oxygens (including phenoxy) is 1. The number of hydrogen-bond donors (Lipinski definition) is 2. The predicted octanol–water partition coefficient (Wildman–Crippen LogP) is 2.81. The van der Waals surface area contributed by atoms with E-state index in [4.69, 9.17) is 16.3 Å². The molecule has 0 radical (unpaired) electrons. The third-order valence-corrected chi connectivity index (χ3v) is 3.08. The smallest absolute Gasteiger partial charge is 0.273 e. The van der Waals surface area contributed by atoms with Crippen molar-refractivity contribution in [3.63, 3.8) is 0 Å². The molecule has 0 aliphatic rings. The lowest BCUT2D eigenvalue weighted by molar-refractivity contribution is 0.0844. The molecule has 2 amide bonds. The number of amides is 2. The largest absolute Gasteiger partial charge is 0.493 e. The number of halogens is 1. The molecule has 0 spiro atoms. The fourth-order valence-electron chi connectivity index (χ4n) is 1.79. The maximum absolute atomic E-state index is 12.1. The Kier molecular flexibility index (Phi) is 5.38. The van der Waals surface area contributed by atoms with Crippen molar-refractivity contribution in [2.75, 3.05) is 6.61 Å². The number of hydrogen-bond acceptors (Lipinski definition) is 3. The Labute approximate surface area is 133 Å². The fraction of sp³-hybridized carbons (Fsp3) is 0.125. The van der Waals surface area contributed by atoms with Gasteiger partial charge in [0.2, 0.25) is 0 Å². The van der Waals surface area contributed by atoms with Gasteiger partial charge in [-0.15, -0.1) is 0 Å². The third-order valence-electron chi connectivity index (χ3n) is 2.83. The molecule has 0 unspecified atom stereocenters. The molecule has 0 aliphatic heterocycles.